The molecule has 0 radical (unpaired) electrons. The summed E-state index contributed by atoms with van der Waals surface area (Å²) in [5, 5.41) is 8.12. The quantitative estimate of drug-likeness (QED) is 0.675. The lowest BCUT2D eigenvalue weighted by molar-refractivity contribution is 0.584. The van der Waals surface area contributed by atoms with Gasteiger partial charge in [0.15, 0.2) is 0 Å². The molecule has 0 unspecified atom stereocenters. The second-order valence-corrected chi connectivity index (χ2v) is 4.32. The first-order valence-electron chi connectivity index (χ1n) is 6.28. The maximum Gasteiger partial charge on any atom is 0.248 e. The molecule has 1 heterocycles. The van der Waals surface area contributed by atoms with Crippen LogP contribution in [0.4, 0.5) is 11.4 Å². The molecule has 102 valence electrons. The molecule has 3 aromatic rings. The smallest absolute Gasteiger partial charge is 0.248 e. The number of benzene rings is 2. The Hall–Kier alpha value is -3.08. The van der Waals surface area contributed by atoms with Gasteiger partial charge in [0.05, 0.1) is 11.4 Å². The third-order valence-electron chi connectivity index (χ3n) is 3.02. The van der Waals surface area contributed by atoms with Crippen molar-refractivity contribution in [3.8, 4) is 22.9 Å². The molecule has 0 spiro atoms. The van der Waals surface area contributed by atoms with Crippen molar-refractivity contribution in [1.82, 2.24) is 10.2 Å². The lowest BCUT2D eigenvalue weighted by Gasteiger charge is -1.97. The van der Waals surface area contributed by atoms with Crippen LogP contribution in [-0.4, -0.2) is 23.6 Å². The fraction of sp³-hybridized carbons (Fsp3) is 0. The Balaban J connectivity index is 1.90. The Bertz CT molecular complexity index is 707. The fourth-order valence-electron chi connectivity index (χ4n) is 1.88. The number of rotatable bonds is 4. The van der Waals surface area contributed by atoms with Gasteiger partial charge in [-0.15, -0.1) is 10.2 Å². The summed E-state index contributed by atoms with van der Waals surface area (Å²) in [6.07, 6.45) is 0. The summed E-state index contributed by atoms with van der Waals surface area (Å²) in [6.45, 7) is 6.96. The molecule has 0 aliphatic rings. The molecular weight excluding hydrogens is 264 g/mol. The Morgan fingerprint density at radius 3 is 1.38 bits per heavy atom. The molecule has 2 aromatic carbocycles. The second-order valence-electron chi connectivity index (χ2n) is 4.32. The van der Waals surface area contributed by atoms with Gasteiger partial charge < -0.3 is 4.42 Å². The second kappa shape index (κ2) is 5.50. The molecule has 1 aromatic heterocycles. The first-order chi connectivity index (χ1) is 10.3. The Kier molecular flexibility index (Phi) is 3.39. The van der Waals surface area contributed by atoms with Gasteiger partial charge >= 0.3 is 0 Å². The van der Waals surface area contributed by atoms with E-state index in [0.717, 1.165) is 22.5 Å². The molecule has 0 N–H and O–H groups in total. The van der Waals surface area contributed by atoms with Crippen molar-refractivity contribution in [3.63, 3.8) is 0 Å². The van der Waals surface area contributed by atoms with E-state index in [1.54, 1.807) is 0 Å². The van der Waals surface area contributed by atoms with Crippen LogP contribution in [0.5, 0.6) is 0 Å². The van der Waals surface area contributed by atoms with Crippen LogP contribution in [0.15, 0.2) is 62.9 Å². The van der Waals surface area contributed by atoms with Crippen molar-refractivity contribution in [3.05, 3.63) is 48.5 Å². The van der Waals surface area contributed by atoms with Crippen LogP contribution in [0.2, 0.25) is 0 Å². The predicted octanol–water partition coefficient (Wildman–Crippen LogP) is 4.07. The fourth-order valence-corrected chi connectivity index (χ4v) is 1.88. The topological polar surface area (TPSA) is 63.6 Å². The first kappa shape index (κ1) is 12.9. The van der Waals surface area contributed by atoms with Gasteiger partial charge in [0.2, 0.25) is 11.8 Å². The highest BCUT2D eigenvalue weighted by Gasteiger charge is 2.10. The van der Waals surface area contributed by atoms with Crippen molar-refractivity contribution in [2.45, 2.75) is 0 Å². The summed E-state index contributed by atoms with van der Waals surface area (Å²) >= 11 is 0. The SMILES string of the molecule is C=Nc1ccc(-c2nnc(-c3ccc(N=C)cc3)o2)cc1. The van der Waals surface area contributed by atoms with Crippen LogP contribution in [0.3, 0.4) is 0 Å². The van der Waals surface area contributed by atoms with Gasteiger partial charge in [-0.05, 0) is 62.0 Å². The van der Waals surface area contributed by atoms with E-state index in [9.17, 15) is 0 Å². The van der Waals surface area contributed by atoms with E-state index in [1.807, 2.05) is 48.5 Å². The normalized spacial score (nSPS) is 10.3. The molecule has 21 heavy (non-hydrogen) atoms. The molecular formula is C16H12N4O. The van der Waals surface area contributed by atoms with E-state index in [-0.39, 0.29) is 0 Å². The predicted molar refractivity (Wildman–Crippen MR) is 83.6 cm³/mol. The summed E-state index contributed by atoms with van der Waals surface area (Å²) in [7, 11) is 0. The Labute approximate surface area is 121 Å². The monoisotopic (exact) mass is 276 g/mol. The maximum atomic E-state index is 5.69. The zero-order valence-electron chi connectivity index (χ0n) is 11.2. The minimum Gasteiger partial charge on any atom is -0.416 e. The van der Waals surface area contributed by atoms with Crippen LogP contribution in [0.25, 0.3) is 22.9 Å². The summed E-state index contributed by atoms with van der Waals surface area (Å²) < 4.78 is 5.69. The van der Waals surface area contributed by atoms with E-state index >= 15 is 0 Å². The van der Waals surface area contributed by atoms with Gasteiger partial charge in [0.1, 0.15) is 0 Å². The van der Waals surface area contributed by atoms with Crippen LogP contribution < -0.4 is 0 Å². The third-order valence-corrected chi connectivity index (χ3v) is 3.02. The summed E-state index contributed by atoms with van der Waals surface area (Å²) in [5.41, 5.74) is 3.27. The summed E-state index contributed by atoms with van der Waals surface area (Å²) in [5.74, 6) is 0.929. The Morgan fingerprint density at radius 2 is 1.05 bits per heavy atom. The number of nitrogens with zero attached hydrogens (tertiary/aromatic N) is 4. The van der Waals surface area contributed by atoms with Crippen molar-refractivity contribution < 1.29 is 4.42 Å². The average molecular weight is 276 g/mol. The highest BCUT2D eigenvalue weighted by Crippen LogP contribution is 2.26. The molecule has 3 rings (SSSR count). The zero-order valence-corrected chi connectivity index (χ0v) is 11.2. The van der Waals surface area contributed by atoms with Crippen LogP contribution >= 0.6 is 0 Å². The van der Waals surface area contributed by atoms with Crippen molar-refractivity contribution in [1.29, 1.82) is 0 Å². The van der Waals surface area contributed by atoms with Gasteiger partial charge in [-0.1, -0.05) is 0 Å². The van der Waals surface area contributed by atoms with Gasteiger partial charge in [-0.3, -0.25) is 9.98 Å². The summed E-state index contributed by atoms with van der Waals surface area (Å²) in [4.78, 5) is 7.69. The first-order valence-corrected chi connectivity index (χ1v) is 6.28. The van der Waals surface area contributed by atoms with Gasteiger partial charge in [-0.25, -0.2) is 0 Å². The zero-order chi connectivity index (χ0) is 14.7. The maximum absolute atomic E-state index is 5.69. The molecule has 0 amide bonds. The highest BCUT2D eigenvalue weighted by molar-refractivity contribution is 5.62. The third kappa shape index (κ3) is 2.62. The number of hydrogen-bond acceptors (Lipinski definition) is 5. The van der Waals surface area contributed by atoms with E-state index in [0.29, 0.717) is 11.8 Å². The molecule has 0 bridgehead atoms. The van der Waals surface area contributed by atoms with E-state index in [2.05, 4.69) is 33.6 Å². The molecule has 5 nitrogen and oxygen atoms in total. The molecule has 0 atom stereocenters. The summed E-state index contributed by atoms with van der Waals surface area (Å²) in [6, 6.07) is 14.8. The largest absolute Gasteiger partial charge is 0.416 e. The molecule has 0 saturated heterocycles. The number of hydrogen-bond donors (Lipinski definition) is 0. The Morgan fingerprint density at radius 1 is 0.667 bits per heavy atom. The highest BCUT2D eigenvalue weighted by atomic mass is 16.4. The molecule has 0 fully saturated rings. The minimum absolute atomic E-state index is 0.464. The lowest BCUT2D eigenvalue weighted by atomic mass is 10.2. The van der Waals surface area contributed by atoms with Gasteiger partial charge in [0, 0.05) is 11.1 Å². The van der Waals surface area contributed by atoms with Crippen molar-refractivity contribution in [2.24, 2.45) is 9.98 Å². The van der Waals surface area contributed by atoms with Crippen LogP contribution in [0, 0.1) is 0 Å². The number of aliphatic imine (C=N–C) groups is 2. The molecule has 0 saturated carbocycles. The lowest BCUT2D eigenvalue weighted by Crippen LogP contribution is -1.77. The van der Waals surface area contributed by atoms with Gasteiger partial charge in [-0.2, -0.15) is 0 Å². The average Bonchev–Trinajstić information content (AvgIpc) is 3.05. The van der Waals surface area contributed by atoms with E-state index in [4.69, 9.17) is 4.42 Å². The minimum atomic E-state index is 0.464. The van der Waals surface area contributed by atoms with Crippen molar-refractivity contribution >= 4 is 24.8 Å². The number of aromatic nitrogens is 2. The van der Waals surface area contributed by atoms with E-state index in [1.165, 1.54) is 0 Å². The molecule has 0 aliphatic heterocycles. The molecule has 0 aliphatic carbocycles. The van der Waals surface area contributed by atoms with Gasteiger partial charge in [0.25, 0.3) is 0 Å². The van der Waals surface area contributed by atoms with Crippen molar-refractivity contribution in [2.75, 3.05) is 0 Å². The van der Waals surface area contributed by atoms with E-state index < -0.39 is 0 Å². The molecule has 5 heteroatoms. The standard InChI is InChI=1S/C16H12N4O/c1-17-13-7-3-11(4-8-13)15-19-20-16(21-15)12-5-9-14(18-2)10-6-12/h3-10H,1-2H2. The van der Waals surface area contributed by atoms with Crippen LogP contribution in [-0.2, 0) is 0 Å². The van der Waals surface area contributed by atoms with Crippen LogP contribution in [0.1, 0.15) is 0 Å².